The molecule has 3 rings (SSSR count). The number of hydrogen-bond donors (Lipinski definition) is 1. The fourth-order valence-corrected chi connectivity index (χ4v) is 3.80. The van der Waals surface area contributed by atoms with E-state index >= 15 is 0 Å². The number of aryl methyl sites for hydroxylation is 1. The van der Waals surface area contributed by atoms with E-state index in [1.807, 2.05) is 25.2 Å². The van der Waals surface area contributed by atoms with Crippen LogP contribution in [-0.4, -0.2) is 23.2 Å². The lowest BCUT2D eigenvalue weighted by molar-refractivity contribution is 0.580. The first-order valence-corrected chi connectivity index (χ1v) is 9.62. The average Bonchev–Trinajstić information content (AvgIpc) is 3.02. The van der Waals surface area contributed by atoms with Crippen LogP contribution in [0.4, 0.5) is 0 Å². The molecular weight excluding hydrogens is 360 g/mol. The van der Waals surface area contributed by atoms with Gasteiger partial charge in [-0.2, -0.15) is 5.10 Å². The molecule has 0 aliphatic carbocycles. The molecule has 3 aromatic rings. The molecule has 2 heterocycles. The number of hydrogen-bond acceptors (Lipinski definition) is 4. The highest BCUT2D eigenvalue weighted by Crippen LogP contribution is 2.18. The highest BCUT2D eigenvalue weighted by atomic mass is 35.5. The summed E-state index contributed by atoms with van der Waals surface area (Å²) in [6.45, 7) is 0.172. The Morgan fingerprint density at radius 2 is 1.96 bits per heavy atom. The third-order valence-electron chi connectivity index (χ3n) is 3.71. The third kappa shape index (κ3) is 4.45. The second-order valence-corrected chi connectivity index (χ2v) is 7.78. The molecule has 130 valence electrons. The highest BCUT2D eigenvalue weighted by molar-refractivity contribution is 7.88. The van der Waals surface area contributed by atoms with Crippen molar-refractivity contribution in [2.24, 2.45) is 7.05 Å². The maximum atomic E-state index is 12.2. The maximum Gasteiger partial charge on any atom is 0.216 e. The molecule has 0 saturated carbocycles. The van der Waals surface area contributed by atoms with Crippen molar-refractivity contribution in [1.29, 1.82) is 0 Å². The quantitative estimate of drug-likeness (QED) is 0.717. The van der Waals surface area contributed by atoms with E-state index in [1.165, 1.54) is 0 Å². The van der Waals surface area contributed by atoms with Gasteiger partial charge >= 0.3 is 0 Å². The summed E-state index contributed by atoms with van der Waals surface area (Å²) in [5.41, 5.74) is 3.02. The zero-order valence-corrected chi connectivity index (χ0v) is 15.1. The van der Waals surface area contributed by atoms with E-state index in [0.29, 0.717) is 10.6 Å². The molecular formula is C17H17ClN4O2S. The largest absolute Gasteiger partial charge is 0.266 e. The van der Waals surface area contributed by atoms with Crippen molar-refractivity contribution >= 4 is 21.6 Å². The van der Waals surface area contributed by atoms with E-state index in [2.05, 4.69) is 14.8 Å². The number of rotatable bonds is 6. The monoisotopic (exact) mass is 376 g/mol. The first-order chi connectivity index (χ1) is 11.9. The van der Waals surface area contributed by atoms with Gasteiger partial charge in [0.15, 0.2) is 0 Å². The standard InChI is InChI=1S/C17H17ClN4O2S/c1-22-17(8-9-20-22)16-7-6-13(10-19-16)11-21-25(23,24)12-14-4-2-3-5-15(14)18/h2-10,21H,11-12H2,1H3. The Bertz CT molecular complexity index is 968. The van der Waals surface area contributed by atoms with Crippen LogP contribution in [0.1, 0.15) is 11.1 Å². The van der Waals surface area contributed by atoms with Crippen LogP contribution in [0.2, 0.25) is 5.02 Å². The van der Waals surface area contributed by atoms with E-state index in [4.69, 9.17) is 11.6 Å². The summed E-state index contributed by atoms with van der Waals surface area (Å²) in [5, 5.41) is 4.55. The second kappa shape index (κ2) is 7.35. The Balaban J connectivity index is 1.65. The lowest BCUT2D eigenvalue weighted by atomic mass is 10.2. The van der Waals surface area contributed by atoms with Gasteiger partial charge in [-0.25, -0.2) is 13.1 Å². The number of benzene rings is 1. The van der Waals surface area contributed by atoms with Gasteiger partial charge in [0.25, 0.3) is 0 Å². The smallest absolute Gasteiger partial charge is 0.216 e. The summed E-state index contributed by atoms with van der Waals surface area (Å²) in [5.74, 6) is -0.160. The first kappa shape index (κ1) is 17.6. The predicted molar refractivity (Wildman–Crippen MR) is 97.4 cm³/mol. The first-order valence-electron chi connectivity index (χ1n) is 7.59. The van der Waals surface area contributed by atoms with Gasteiger partial charge in [0.2, 0.25) is 10.0 Å². The van der Waals surface area contributed by atoms with Crippen LogP contribution in [0.25, 0.3) is 11.4 Å². The van der Waals surface area contributed by atoms with Crippen LogP contribution in [0, 0.1) is 0 Å². The summed E-state index contributed by atoms with van der Waals surface area (Å²) in [7, 11) is -1.65. The molecule has 0 radical (unpaired) electrons. The minimum absolute atomic E-state index is 0.160. The number of halogens is 1. The minimum Gasteiger partial charge on any atom is -0.266 e. The van der Waals surface area contributed by atoms with Crippen molar-refractivity contribution in [3.05, 3.63) is 71.0 Å². The van der Waals surface area contributed by atoms with Crippen LogP contribution in [-0.2, 0) is 29.4 Å². The van der Waals surface area contributed by atoms with Crippen LogP contribution in [0.3, 0.4) is 0 Å². The fourth-order valence-electron chi connectivity index (χ4n) is 2.37. The molecule has 0 saturated heterocycles. The molecule has 6 nitrogen and oxygen atoms in total. The van der Waals surface area contributed by atoms with Crippen molar-refractivity contribution in [2.45, 2.75) is 12.3 Å². The summed E-state index contributed by atoms with van der Waals surface area (Å²) in [6, 6.07) is 12.5. The molecule has 0 fully saturated rings. The van der Waals surface area contributed by atoms with E-state index in [9.17, 15) is 8.42 Å². The zero-order valence-electron chi connectivity index (χ0n) is 13.6. The van der Waals surface area contributed by atoms with E-state index < -0.39 is 10.0 Å². The van der Waals surface area contributed by atoms with E-state index in [0.717, 1.165) is 17.0 Å². The van der Waals surface area contributed by atoms with Gasteiger partial charge in [0.1, 0.15) is 0 Å². The minimum atomic E-state index is -3.49. The highest BCUT2D eigenvalue weighted by Gasteiger charge is 2.13. The molecule has 0 atom stereocenters. The summed E-state index contributed by atoms with van der Waals surface area (Å²) in [6.07, 6.45) is 3.36. The Labute approximate surface area is 151 Å². The molecule has 0 spiro atoms. The third-order valence-corrected chi connectivity index (χ3v) is 5.35. The zero-order chi connectivity index (χ0) is 17.9. The van der Waals surface area contributed by atoms with Crippen molar-refractivity contribution in [1.82, 2.24) is 19.5 Å². The second-order valence-electron chi connectivity index (χ2n) is 5.56. The average molecular weight is 377 g/mol. The topological polar surface area (TPSA) is 76.9 Å². The van der Waals surface area contributed by atoms with Crippen LogP contribution in [0.5, 0.6) is 0 Å². The summed E-state index contributed by atoms with van der Waals surface area (Å²) < 4.78 is 28.7. The van der Waals surface area contributed by atoms with Crippen LogP contribution < -0.4 is 4.72 Å². The van der Waals surface area contributed by atoms with Crippen molar-refractivity contribution < 1.29 is 8.42 Å². The molecule has 2 aromatic heterocycles. The van der Waals surface area contributed by atoms with Crippen LogP contribution in [0.15, 0.2) is 54.9 Å². The predicted octanol–water partition coefficient (Wildman–Crippen LogP) is 2.76. The normalized spacial score (nSPS) is 11.6. The van der Waals surface area contributed by atoms with Gasteiger partial charge in [-0.3, -0.25) is 9.67 Å². The van der Waals surface area contributed by atoms with Crippen molar-refractivity contribution in [2.75, 3.05) is 0 Å². The number of pyridine rings is 1. The Morgan fingerprint density at radius 1 is 1.16 bits per heavy atom. The van der Waals surface area contributed by atoms with Gasteiger partial charge in [-0.05, 0) is 29.3 Å². The Kier molecular flexibility index (Phi) is 5.17. The van der Waals surface area contributed by atoms with E-state index in [-0.39, 0.29) is 12.3 Å². The Morgan fingerprint density at radius 3 is 2.60 bits per heavy atom. The molecule has 25 heavy (non-hydrogen) atoms. The number of nitrogens with one attached hydrogen (secondary N) is 1. The van der Waals surface area contributed by atoms with Gasteiger partial charge in [-0.15, -0.1) is 0 Å². The molecule has 1 aromatic carbocycles. The molecule has 0 aliphatic rings. The van der Waals surface area contributed by atoms with Gasteiger partial charge < -0.3 is 0 Å². The molecule has 0 amide bonds. The molecule has 0 aliphatic heterocycles. The number of aromatic nitrogens is 3. The SMILES string of the molecule is Cn1nccc1-c1ccc(CNS(=O)(=O)Cc2ccccc2Cl)cn1. The van der Waals surface area contributed by atoms with E-state index in [1.54, 1.807) is 41.3 Å². The van der Waals surface area contributed by atoms with Gasteiger partial charge in [0.05, 0.1) is 17.1 Å². The maximum absolute atomic E-state index is 12.2. The van der Waals surface area contributed by atoms with Crippen molar-refractivity contribution in [3.8, 4) is 11.4 Å². The Hall–Kier alpha value is -2.22. The molecule has 0 bridgehead atoms. The lowest BCUT2D eigenvalue weighted by Crippen LogP contribution is -2.24. The summed E-state index contributed by atoms with van der Waals surface area (Å²) in [4.78, 5) is 4.36. The van der Waals surface area contributed by atoms with Gasteiger partial charge in [0, 0.05) is 31.0 Å². The number of sulfonamides is 1. The number of nitrogens with zero attached hydrogens (tertiary/aromatic N) is 3. The fraction of sp³-hybridized carbons (Fsp3) is 0.176. The van der Waals surface area contributed by atoms with Gasteiger partial charge in [-0.1, -0.05) is 35.9 Å². The van der Waals surface area contributed by atoms with Crippen molar-refractivity contribution in [3.63, 3.8) is 0 Å². The lowest BCUT2D eigenvalue weighted by Gasteiger charge is -2.08. The summed E-state index contributed by atoms with van der Waals surface area (Å²) >= 11 is 6.02. The molecule has 1 N–H and O–H groups in total. The molecule has 8 heteroatoms. The van der Waals surface area contributed by atoms with Crippen LogP contribution >= 0.6 is 11.6 Å². The molecule has 0 unspecified atom stereocenters.